The Bertz CT molecular complexity index is 404. The molecule has 0 spiro atoms. The molecule has 0 aliphatic carbocycles. The van der Waals surface area contributed by atoms with E-state index >= 15 is 0 Å². The maximum atomic E-state index is 6.12. The van der Waals surface area contributed by atoms with Crippen LogP contribution in [0.1, 0.15) is 25.5 Å². The van der Waals surface area contributed by atoms with Gasteiger partial charge in [0.15, 0.2) is 5.79 Å². The smallest absolute Gasteiger partial charge is 0.164 e. The number of ether oxygens (including phenoxy) is 2. The molecule has 1 aliphatic heterocycles. The summed E-state index contributed by atoms with van der Waals surface area (Å²) < 4.78 is 11.3. The summed E-state index contributed by atoms with van der Waals surface area (Å²) in [7, 11) is 0. The molecule has 87 valence electrons. The summed E-state index contributed by atoms with van der Waals surface area (Å²) in [5.74, 6) is -0.625. The molecular formula is C12H13Cl2O2. The van der Waals surface area contributed by atoms with Crippen LogP contribution in [-0.4, -0.2) is 11.9 Å². The average molecular weight is 260 g/mol. The predicted octanol–water partition coefficient (Wildman–Crippen LogP) is 4.02. The van der Waals surface area contributed by atoms with Crippen LogP contribution in [0.4, 0.5) is 0 Å². The summed E-state index contributed by atoms with van der Waals surface area (Å²) in [6.45, 7) is 7.63. The first-order valence-electron chi connectivity index (χ1n) is 5.03. The molecule has 16 heavy (non-hydrogen) atoms. The summed E-state index contributed by atoms with van der Waals surface area (Å²) in [6.07, 6.45) is -0.520. The van der Waals surface area contributed by atoms with Gasteiger partial charge >= 0.3 is 0 Å². The first-order valence-corrected chi connectivity index (χ1v) is 5.78. The molecule has 0 unspecified atom stereocenters. The molecule has 4 heteroatoms. The fraction of sp³-hybridized carbons (Fsp3) is 0.417. The van der Waals surface area contributed by atoms with Crippen molar-refractivity contribution in [2.45, 2.75) is 31.8 Å². The number of benzene rings is 1. The van der Waals surface area contributed by atoms with E-state index in [-0.39, 0.29) is 12.2 Å². The van der Waals surface area contributed by atoms with Gasteiger partial charge in [0.05, 0.1) is 6.10 Å². The van der Waals surface area contributed by atoms with Crippen LogP contribution in [0.3, 0.4) is 0 Å². The molecule has 1 fully saturated rings. The molecule has 2 atom stereocenters. The fourth-order valence-electron chi connectivity index (χ4n) is 1.83. The first kappa shape index (κ1) is 12.2. The second-order valence-corrected chi connectivity index (χ2v) is 5.10. The van der Waals surface area contributed by atoms with E-state index in [0.717, 1.165) is 5.56 Å². The zero-order chi connectivity index (χ0) is 11.9. The molecule has 0 N–H and O–H groups in total. The highest BCUT2D eigenvalue weighted by atomic mass is 35.5. The lowest BCUT2D eigenvalue weighted by Gasteiger charge is -2.17. The van der Waals surface area contributed by atoms with E-state index in [1.54, 1.807) is 12.1 Å². The van der Waals surface area contributed by atoms with Crippen LogP contribution in [0.15, 0.2) is 18.2 Å². The molecule has 1 aliphatic rings. The van der Waals surface area contributed by atoms with E-state index < -0.39 is 5.79 Å². The van der Waals surface area contributed by atoms with Crippen LogP contribution >= 0.6 is 23.2 Å². The van der Waals surface area contributed by atoms with Gasteiger partial charge < -0.3 is 9.47 Å². The summed E-state index contributed by atoms with van der Waals surface area (Å²) in [5, 5.41) is 1.18. The zero-order valence-corrected chi connectivity index (χ0v) is 10.7. The van der Waals surface area contributed by atoms with Gasteiger partial charge in [-0.3, -0.25) is 0 Å². The molecule has 1 radical (unpaired) electrons. The Morgan fingerprint density at radius 3 is 2.44 bits per heavy atom. The minimum atomic E-state index is -0.625. The molecule has 1 heterocycles. The Hall–Kier alpha value is -0.280. The van der Waals surface area contributed by atoms with Gasteiger partial charge in [-0.05, 0) is 32.9 Å². The Morgan fingerprint density at radius 2 is 1.94 bits per heavy atom. The van der Waals surface area contributed by atoms with Crippen molar-refractivity contribution >= 4 is 23.2 Å². The Labute approximate surface area is 105 Å². The minimum Gasteiger partial charge on any atom is -0.344 e. The van der Waals surface area contributed by atoms with Gasteiger partial charge in [-0.25, -0.2) is 0 Å². The lowest BCUT2D eigenvalue weighted by atomic mass is 10.1. The van der Waals surface area contributed by atoms with E-state index in [4.69, 9.17) is 32.7 Å². The standard InChI is InChI=1S/C12H13Cl2O2/c1-7-11(16-12(2,3)15-7)9-5-4-8(13)6-10(9)14/h4-7,11H,1H2,2-3H3/t7-,11+/m0/s1. The Kier molecular flexibility index (Phi) is 3.19. The third-order valence-electron chi connectivity index (χ3n) is 2.45. The van der Waals surface area contributed by atoms with Crippen molar-refractivity contribution in [2.24, 2.45) is 0 Å². The monoisotopic (exact) mass is 259 g/mol. The van der Waals surface area contributed by atoms with Gasteiger partial charge in [0.2, 0.25) is 0 Å². The first-order chi connectivity index (χ1) is 7.39. The Balaban J connectivity index is 2.31. The molecule has 2 nitrogen and oxygen atoms in total. The van der Waals surface area contributed by atoms with Crippen LogP contribution < -0.4 is 0 Å². The summed E-state index contributed by atoms with van der Waals surface area (Å²) in [6, 6.07) is 5.32. The molecule has 0 amide bonds. The quantitative estimate of drug-likeness (QED) is 0.759. The van der Waals surface area contributed by atoms with Crippen molar-refractivity contribution in [1.29, 1.82) is 0 Å². The average Bonchev–Trinajstić information content (AvgIpc) is 2.39. The SMILES string of the molecule is [CH2][C@@H]1OC(C)(C)O[C@H]1c1ccc(Cl)cc1Cl. The number of rotatable bonds is 1. The summed E-state index contributed by atoms with van der Waals surface area (Å²) in [5.41, 5.74) is 0.858. The van der Waals surface area contributed by atoms with E-state index in [0.29, 0.717) is 10.0 Å². The fourth-order valence-corrected chi connectivity index (χ4v) is 2.35. The highest BCUT2D eigenvalue weighted by Crippen LogP contribution is 2.40. The maximum Gasteiger partial charge on any atom is 0.164 e. The van der Waals surface area contributed by atoms with E-state index in [2.05, 4.69) is 6.92 Å². The van der Waals surface area contributed by atoms with Gasteiger partial charge in [0, 0.05) is 15.6 Å². The van der Waals surface area contributed by atoms with Crippen molar-refractivity contribution in [3.05, 3.63) is 40.7 Å². The van der Waals surface area contributed by atoms with Crippen molar-refractivity contribution < 1.29 is 9.47 Å². The van der Waals surface area contributed by atoms with Crippen molar-refractivity contribution in [3.8, 4) is 0 Å². The summed E-state index contributed by atoms with van der Waals surface area (Å²) in [4.78, 5) is 0. The Morgan fingerprint density at radius 1 is 1.25 bits per heavy atom. The lowest BCUT2D eigenvalue weighted by molar-refractivity contribution is -0.143. The number of hydrogen-bond donors (Lipinski definition) is 0. The van der Waals surface area contributed by atoms with Crippen LogP contribution in [0.25, 0.3) is 0 Å². The number of halogens is 2. The normalized spacial score (nSPS) is 28.3. The van der Waals surface area contributed by atoms with Gasteiger partial charge in [-0.1, -0.05) is 29.3 Å². The van der Waals surface area contributed by atoms with Crippen molar-refractivity contribution in [3.63, 3.8) is 0 Å². The molecule has 2 rings (SSSR count). The van der Waals surface area contributed by atoms with E-state index in [9.17, 15) is 0 Å². The van der Waals surface area contributed by atoms with Crippen LogP contribution in [0, 0.1) is 6.92 Å². The third kappa shape index (κ3) is 2.35. The molecular weight excluding hydrogens is 247 g/mol. The van der Waals surface area contributed by atoms with E-state index in [1.165, 1.54) is 0 Å². The molecule has 0 aromatic heterocycles. The highest BCUT2D eigenvalue weighted by molar-refractivity contribution is 6.35. The molecule has 0 bridgehead atoms. The third-order valence-corrected chi connectivity index (χ3v) is 3.02. The summed E-state index contributed by atoms with van der Waals surface area (Å²) >= 11 is 12.0. The molecule has 1 aromatic rings. The second kappa shape index (κ2) is 4.19. The van der Waals surface area contributed by atoms with E-state index in [1.807, 2.05) is 19.9 Å². The van der Waals surface area contributed by atoms with Crippen molar-refractivity contribution in [1.82, 2.24) is 0 Å². The predicted molar refractivity (Wildman–Crippen MR) is 64.6 cm³/mol. The lowest BCUT2D eigenvalue weighted by Crippen LogP contribution is -2.20. The topological polar surface area (TPSA) is 18.5 Å². The second-order valence-electron chi connectivity index (χ2n) is 4.26. The van der Waals surface area contributed by atoms with Crippen LogP contribution in [0.2, 0.25) is 10.0 Å². The van der Waals surface area contributed by atoms with Gasteiger partial charge in [0.25, 0.3) is 0 Å². The van der Waals surface area contributed by atoms with Crippen LogP contribution in [0.5, 0.6) is 0 Å². The van der Waals surface area contributed by atoms with Crippen LogP contribution in [-0.2, 0) is 9.47 Å². The van der Waals surface area contributed by atoms with Gasteiger partial charge in [0.1, 0.15) is 6.10 Å². The maximum absolute atomic E-state index is 6.12. The van der Waals surface area contributed by atoms with Crippen molar-refractivity contribution in [2.75, 3.05) is 0 Å². The minimum absolute atomic E-state index is 0.250. The number of hydrogen-bond acceptors (Lipinski definition) is 2. The molecule has 0 saturated carbocycles. The molecule has 1 aromatic carbocycles. The van der Waals surface area contributed by atoms with Gasteiger partial charge in [-0.2, -0.15) is 0 Å². The highest BCUT2D eigenvalue weighted by Gasteiger charge is 2.40. The largest absolute Gasteiger partial charge is 0.344 e. The zero-order valence-electron chi connectivity index (χ0n) is 9.17. The molecule has 1 saturated heterocycles. The van der Waals surface area contributed by atoms with Gasteiger partial charge in [-0.15, -0.1) is 0 Å².